The molecule has 5 rings (SSSR count). The number of hydrogen-bond donors (Lipinski definition) is 1. The molecule has 2 aromatic heterocycles. The molecule has 0 radical (unpaired) electrons. The van der Waals surface area contributed by atoms with Crippen molar-refractivity contribution in [3.05, 3.63) is 82.3 Å². The zero-order valence-corrected chi connectivity index (χ0v) is 21.0. The first-order chi connectivity index (χ1) is 16.6. The van der Waals surface area contributed by atoms with Gasteiger partial charge in [0.05, 0.1) is 28.5 Å². The number of piperidine rings is 1. The van der Waals surface area contributed by atoms with E-state index in [2.05, 4.69) is 58.6 Å². The smallest absolute Gasteiger partial charge is 0.243 e. The first-order valence-electron chi connectivity index (χ1n) is 11.9. The molecule has 6 nitrogen and oxygen atoms in total. The van der Waals surface area contributed by atoms with Crippen molar-refractivity contribution in [2.45, 2.75) is 50.2 Å². The van der Waals surface area contributed by atoms with Crippen LogP contribution in [-0.4, -0.2) is 35.4 Å². The summed E-state index contributed by atoms with van der Waals surface area (Å²) < 4.78 is 30.1. The van der Waals surface area contributed by atoms with E-state index >= 15 is 0 Å². The number of imidazole rings is 1. The molecule has 0 bridgehead atoms. The van der Waals surface area contributed by atoms with E-state index in [1.54, 1.807) is 27.8 Å². The van der Waals surface area contributed by atoms with E-state index in [9.17, 15) is 8.42 Å². The van der Waals surface area contributed by atoms with Gasteiger partial charge in [-0.15, -0.1) is 11.3 Å². The molecule has 1 fully saturated rings. The van der Waals surface area contributed by atoms with Crippen LogP contribution in [0.3, 0.4) is 0 Å². The number of thiophene rings is 1. The van der Waals surface area contributed by atoms with Crippen LogP contribution in [0.15, 0.2) is 70.9 Å². The van der Waals surface area contributed by atoms with Crippen LogP contribution in [-0.2, 0) is 23.1 Å². The highest BCUT2D eigenvalue weighted by atomic mass is 32.2. The minimum Gasteiger partial charge on any atom is -0.327 e. The third-order valence-electron chi connectivity index (χ3n) is 6.49. The maximum absolute atomic E-state index is 13.2. The Morgan fingerprint density at radius 3 is 2.53 bits per heavy atom. The Morgan fingerprint density at radius 2 is 1.82 bits per heavy atom. The molecule has 8 heteroatoms. The van der Waals surface area contributed by atoms with Gasteiger partial charge in [0, 0.05) is 24.5 Å². The van der Waals surface area contributed by atoms with Gasteiger partial charge >= 0.3 is 0 Å². The summed E-state index contributed by atoms with van der Waals surface area (Å²) in [6.45, 7) is 4.64. The number of aryl methyl sites for hydroxylation is 1. The number of nitrogens with one attached hydrogen (secondary N) is 1. The molecule has 0 saturated carbocycles. The average molecular weight is 495 g/mol. The second kappa shape index (κ2) is 10.00. The predicted molar refractivity (Wildman–Crippen MR) is 137 cm³/mol. The fraction of sp³-hybridized carbons (Fsp3) is 0.346. The number of aromatic nitrogens is 2. The molecule has 34 heavy (non-hydrogen) atoms. The Hall–Kier alpha value is -2.52. The lowest BCUT2D eigenvalue weighted by molar-refractivity contribution is 0.346. The van der Waals surface area contributed by atoms with Crippen molar-refractivity contribution >= 4 is 32.4 Å². The van der Waals surface area contributed by atoms with Crippen LogP contribution in [0.1, 0.15) is 48.5 Å². The van der Waals surface area contributed by atoms with Crippen LogP contribution < -0.4 is 5.32 Å². The van der Waals surface area contributed by atoms with Crippen molar-refractivity contribution < 1.29 is 8.42 Å². The lowest BCUT2D eigenvalue weighted by atomic mass is 10.1. The van der Waals surface area contributed by atoms with Gasteiger partial charge in [0.1, 0.15) is 5.82 Å². The van der Waals surface area contributed by atoms with E-state index in [-0.39, 0.29) is 6.04 Å². The Labute approximate surface area is 205 Å². The standard InChI is InChI=1S/C26H30N4O2S2/c1-2-30-23-14-13-21(34(31,32)29-15-7-4-8-16-29)18-22(23)28-25(30)19-27-26(24-12-9-17-33-24)20-10-5-3-6-11-20/h3,5-6,9-14,17-18,26-27H,2,4,7-8,15-16,19H2,1H3. The zero-order chi connectivity index (χ0) is 23.5. The van der Waals surface area contributed by atoms with Crippen LogP contribution >= 0.6 is 11.3 Å². The van der Waals surface area contributed by atoms with Crippen molar-refractivity contribution in [2.24, 2.45) is 0 Å². The molecular weight excluding hydrogens is 464 g/mol. The second-order valence-corrected chi connectivity index (χ2v) is 11.5. The molecule has 178 valence electrons. The summed E-state index contributed by atoms with van der Waals surface area (Å²) in [4.78, 5) is 6.46. The molecule has 0 aliphatic carbocycles. The largest absolute Gasteiger partial charge is 0.327 e. The van der Waals surface area contributed by atoms with Crippen LogP contribution in [0.5, 0.6) is 0 Å². The predicted octanol–water partition coefficient (Wildman–Crippen LogP) is 5.17. The second-order valence-electron chi connectivity index (χ2n) is 8.63. The van der Waals surface area contributed by atoms with E-state index in [1.807, 2.05) is 12.1 Å². The molecule has 4 aromatic rings. The summed E-state index contributed by atoms with van der Waals surface area (Å²) in [6.07, 6.45) is 2.95. The van der Waals surface area contributed by atoms with Crippen molar-refractivity contribution in [3.63, 3.8) is 0 Å². The molecule has 3 heterocycles. The van der Waals surface area contributed by atoms with Gasteiger partial charge in [0.2, 0.25) is 10.0 Å². The van der Waals surface area contributed by atoms with Crippen molar-refractivity contribution in [3.8, 4) is 0 Å². The number of benzene rings is 2. The highest BCUT2D eigenvalue weighted by Crippen LogP contribution is 2.28. The molecule has 1 saturated heterocycles. The zero-order valence-electron chi connectivity index (χ0n) is 19.4. The third-order valence-corrected chi connectivity index (χ3v) is 9.32. The van der Waals surface area contributed by atoms with Crippen molar-refractivity contribution in [1.82, 2.24) is 19.2 Å². The summed E-state index contributed by atoms with van der Waals surface area (Å²) in [6, 6.07) is 20.1. The van der Waals surface area contributed by atoms with E-state index in [1.165, 1.54) is 10.4 Å². The SMILES string of the molecule is CCn1c(CNC(c2ccccc2)c2cccs2)nc2cc(S(=O)(=O)N3CCCCC3)ccc21. The highest BCUT2D eigenvalue weighted by Gasteiger charge is 2.27. The highest BCUT2D eigenvalue weighted by molar-refractivity contribution is 7.89. The maximum Gasteiger partial charge on any atom is 0.243 e. The number of rotatable bonds is 8. The number of hydrogen-bond acceptors (Lipinski definition) is 5. The van der Waals surface area contributed by atoms with Crippen LogP contribution in [0.25, 0.3) is 11.0 Å². The minimum absolute atomic E-state index is 0.0707. The average Bonchev–Trinajstić information content (AvgIpc) is 3.53. The van der Waals surface area contributed by atoms with E-state index < -0.39 is 10.0 Å². The van der Waals surface area contributed by atoms with E-state index in [4.69, 9.17) is 4.98 Å². The van der Waals surface area contributed by atoms with Gasteiger partial charge in [0.15, 0.2) is 0 Å². The van der Waals surface area contributed by atoms with E-state index in [0.717, 1.165) is 42.7 Å². The number of sulfonamides is 1. The number of nitrogens with zero attached hydrogens (tertiary/aromatic N) is 3. The fourth-order valence-electron chi connectivity index (χ4n) is 4.74. The molecule has 0 spiro atoms. The van der Waals surface area contributed by atoms with Gasteiger partial charge in [-0.3, -0.25) is 5.32 Å². The van der Waals surface area contributed by atoms with Gasteiger partial charge in [-0.05, 0) is 55.0 Å². The summed E-state index contributed by atoms with van der Waals surface area (Å²) in [5.41, 5.74) is 2.90. The van der Waals surface area contributed by atoms with Gasteiger partial charge in [0.25, 0.3) is 0 Å². The molecule has 1 unspecified atom stereocenters. The van der Waals surface area contributed by atoms with E-state index in [0.29, 0.717) is 24.5 Å². The Kier molecular flexibility index (Phi) is 6.83. The Morgan fingerprint density at radius 1 is 1.03 bits per heavy atom. The van der Waals surface area contributed by atoms with Crippen LogP contribution in [0, 0.1) is 0 Å². The molecule has 0 amide bonds. The summed E-state index contributed by atoms with van der Waals surface area (Å²) in [5, 5.41) is 5.78. The monoisotopic (exact) mass is 494 g/mol. The third kappa shape index (κ3) is 4.55. The minimum atomic E-state index is -3.49. The first kappa shape index (κ1) is 23.2. The molecular formula is C26H30N4O2S2. The molecule has 1 aliphatic heterocycles. The molecule has 1 aliphatic rings. The van der Waals surface area contributed by atoms with Gasteiger partial charge in [-0.1, -0.05) is 42.8 Å². The topological polar surface area (TPSA) is 67.2 Å². The van der Waals surface area contributed by atoms with Gasteiger partial charge in [-0.2, -0.15) is 4.31 Å². The summed E-state index contributed by atoms with van der Waals surface area (Å²) in [5.74, 6) is 0.905. The quantitative estimate of drug-likeness (QED) is 0.367. The van der Waals surface area contributed by atoms with Gasteiger partial charge in [-0.25, -0.2) is 13.4 Å². The first-order valence-corrected chi connectivity index (χ1v) is 14.2. The lowest BCUT2D eigenvalue weighted by Gasteiger charge is -2.25. The normalized spacial score (nSPS) is 16.1. The summed E-state index contributed by atoms with van der Waals surface area (Å²) >= 11 is 1.73. The van der Waals surface area contributed by atoms with Crippen LogP contribution in [0.2, 0.25) is 0 Å². The van der Waals surface area contributed by atoms with Crippen LogP contribution in [0.4, 0.5) is 0 Å². The van der Waals surface area contributed by atoms with Crippen molar-refractivity contribution in [1.29, 1.82) is 0 Å². The Bertz CT molecular complexity index is 1340. The summed E-state index contributed by atoms with van der Waals surface area (Å²) in [7, 11) is -3.49. The number of fused-ring (bicyclic) bond motifs is 1. The molecule has 2 aromatic carbocycles. The Balaban J connectivity index is 1.44. The van der Waals surface area contributed by atoms with Gasteiger partial charge < -0.3 is 4.57 Å². The lowest BCUT2D eigenvalue weighted by Crippen LogP contribution is -2.35. The molecule has 1 atom stereocenters. The maximum atomic E-state index is 13.2. The molecule has 1 N–H and O–H groups in total. The van der Waals surface area contributed by atoms with Crippen molar-refractivity contribution in [2.75, 3.05) is 13.1 Å². The fourth-order valence-corrected chi connectivity index (χ4v) is 7.10.